The van der Waals surface area contributed by atoms with Crippen molar-refractivity contribution in [1.29, 1.82) is 0 Å². The van der Waals surface area contributed by atoms with Crippen LogP contribution in [-0.4, -0.2) is 65.0 Å². The monoisotopic (exact) mass is 530 g/mol. The van der Waals surface area contributed by atoms with Crippen LogP contribution in [0.4, 0.5) is 0 Å². The topological polar surface area (TPSA) is 120 Å². The smallest absolute Gasteiger partial charge is 0.335 e. The molecule has 2 aliphatic heterocycles. The number of primary amides is 1. The number of rotatable bonds is 6. The molecule has 0 aliphatic carbocycles. The largest absolute Gasteiger partial charge is 0.497 e. The highest BCUT2D eigenvalue weighted by molar-refractivity contribution is 6.00. The highest BCUT2D eigenvalue weighted by Crippen LogP contribution is 2.35. The molecule has 0 spiro atoms. The average molecular weight is 531 g/mol. The van der Waals surface area contributed by atoms with Crippen LogP contribution in [0.2, 0.25) is 0 Å². The first-order chi connectivity index (χ1) is 18.9. The SMILES string of the molecule is COc1ccc2cc(-c3nn(C4CCCCO4)c4ccc(C(=O)O)cc34)ccc2c1.NC(=O)CN1CCCC1. The molecule has 0 bridgehead atoms. The second-order valence-electron chi connectivity index (χ2n) is 10.0. The lowest BCUT2D eigenvalue weighted by atomic mass is 10.0. The summed E-state index contributed by atoms with van der Waals surface area (Å²) in [7, 11) is 1.65. The van der Waals surface area contributed by atoms with Gasteiger partial charge in [0.15, 0.2) is 6.23 Å². The molecule has 0 saturated carbocycles. The van der Waals surface area contributed by atoms with E-state index in [9.17, 15) is 14.7 Å². The number of aromatic nitrogens is 2. The number of ether oxygens (including phenoxy) is 2. The van der Waals surface area contributed by atoms with Gasteiger partial charge in [-0.05, 0) is 92.4 Å². The van der Waals surface area contributed by atoms with Crippen LogP contribution < -0.4 is 10.5 Å². The highest BCUT2D eigenvalue weighted by atomic mass is 16.5. The van der Waals surface area contributed by atoms with Gasteiger partial charge in [0.2, 0.25) is 5.91 Å². The van der Waals surface area contributed by atoms with E-state index in [0.717, 1.165) is 71.0 Å². The number of hydrogen-bond acceptors (Lipinski definition) is 6. The molecule has 3 heterocycles. The van der Waals surface area contributed by atoms with Crippen LogP contribution in [0.15, 0.2) is 54.6 Å². The number of nitrogens with two attached hydrogens (primary N) is 1. The number of likely N-dealkylation sites (tertiary alicyclic amines) is 1. The average Bonchev–Trinajstić information content (AvgIpc) is 3.60. The van der Waals surface area contributed by atoms with Crippen LogP contribution >= 0.6 is 0 Å². The first kappa shape index (κ1) is 26.6. The lowest BCUT2D eigenvalue weighted by Gasteiger charge is -2.23. The number of fused-ring (bicyclic) bond motifs is 2. The fraction of sp³-hybridized carbons (Fsp3) is 0.367. The minimum atomic E-state index is -0.949. The van der Waals surface area contributed by atoms with Gasteiger partial charge < -0.3 is 20.3 Å². The fourth-order valence-corrected chi connectivity index (χ4v) is 5.28. The van der Waals surface area contributed by atoms with Crippen LogP contribution in [-0.2, 0) is 9.53 Å². The summed E-state index contributed by atoms with van der Waals surface area (Å²) in [6.45, 7) is 3.25. The second-order valence-corrected chi connectivity index (χ2v) is 10.0. The van der Waals surface area contributed by atoms with Gasteiger partial charge in [-0.3, -0.25) is 9.69 Å². The van der Waals surface area contributed by atoms with Crippen LogP contribution in [0.3, 0.4) is 0 Å². The summed E-state index contributed by atoms with van der Waals surface area (Å²) in [4.78, 5) is 24.0. The van der Waals surface area contributed by atoms with E-state index in [-0.39, 0.29) is 17.7 Å². The summed E-state index contributed by atoms with van der Waals surface area (Å²) in [5.41, 5.74) is 7.83. The summed E-state index contributed by atoms with van der Waals surface area (Å²) in [5, 5.41) is 17.3. The Balaban J connectivity index is 0.000000292. The molecule has 0 radical (unpaired) electrons. The third-order valence-electron chi connectivity index (χ3n) is 7.28. The van der Waals surface area contributed by atoms with Gasteiger partial charge in [0, 0.05) is 17.6 Å². The van der Waals surface area contributed by atoms with Crippen LogP contribution in [0, 0.1) is 0 Å². The standard InChI is InChI=1S/C24H22N2O4.C6H12N2O/c1-29-19-9-7-15-12-17(6-5-16(15)13-19)23-20-14-18(24(27)28)8-10-21(20)26(25-23)22-4-2-3-11-30-22;7-6(9)5-8-3-1-2-4-8/h5-10,12-14,22H,2-4,11H2,1H3,(H,27,28);1-5H2,(H2,7,9). The number of carbonyl (C=O) groups is 2. The Morgan fingerprint density at radius 3 is 2.49 bits per heavy atom. The van der Waals surface area contributed by atoms with Crippen LogP contribution in [0.5, 0.6) is 5.75 Å². The zero-order chi connectivity index (χ0) is 27.4. The maximum Gasteiger partial charge on any atom is 0.335 e. The van der Waals surface area contributed by atoms with Gasteiger partial charge in [-0.15, -0.1) is 0 Å². The Morgan fingerprint density at radius 1 is 1.03 bits per heavy atom. The van der Waals surface area contributed by atoms with Crippen molar-refractivity contribution in [1.82, 2.24) is 14.7 Å². The molecule has 1 unspecified atom stereocenters. The van der Waals surface area contributed by atoms with E-state index in [1.54, 1.807) is 19.2 Å². The molecule has 1 aromatic heterocycles. The minimum Gasteiger partial charge on any atom is -0.497 e. The number of carboxylic acid groups (broad SMARTS) is 1. The van der Waals surface area contributed by atoms with E-state index < -0.39 is 5.97 Å². The van der Waals surface area contributed by atoms with Crippen LogP contribution in [0.25, 0.3) is 32.9 Å². The third-order valence-corrected chi connectivity index (χ3v) is 7.28. The van der Waals surface area contributed by atoms with Crippen molar-refractivity contribution < 1.29 is 24.2 Å². The molecule has 9 heteroatoms. The van der Waals surface area contributed by atoms with Gasteiger partial charge >= 0.3 is 5.97 Å². The molecule has 9 nitrogen and oxygen atoms in total. The molecule has 1 amide bonds. The number of carbonyl (C=O) groups excluding carboxylic acids is 1. The van der Waals surface area contributed by atoms with Gasteiger partial charge in [0.25, 0.3) is 0 Å². The molecule has 204 valence electrons. The predicted octanol–water partition coefficient (Wildman–Crippen LogP) is 4.83. The van der Waals surface area contributed by atoms with Gasteiger partial charge in [-0.1, -0.05) is 18.2 Å². The molecule has 2 fully saturated rings. The molecule has 3 N–H and O–H groups in total. The van der Waals surface area contributed by atoms with Crippen molar-refractivity contribution in [2.24, 2.45) is 5.73 Å². The lowest BCUT2D eigenvalue weighted by Crippen LogP contribution is -2.31. The summed E-state index contributed by atoms with van der Waals surface area (Å²) >= 11 is 0. The Morgan fingerprint density at radius 2 is 1.79 bits per heavy atom. The van der Waals surface area contributed by atoms with E-state index in [2.05, 4.69) is 11.0 Å². The summed E-state index contributed by atoms with van der Waals surface area (Å²) in [6, 6.07) is 17.2. The zero-order valence-corrected chi connectivity index (χ0v) is 22.1. The van der Waals surface area contributed by atoms with Crippen molar-refractivity contribution >= 4 is 33.6 Å². The van der Waals surface area contributed by atoms with Crippen molar-refractivity contribution in [3.05, 3.63) is 60.2 Å². The predicted molar refractivity (Wildman–Crippen MR) is 150 cm³/mol. The number of nitrogens with zero attached hydrogens (tertiary/aromatic N) is 3. The molecular weight excluding hydrogens is 496 g/mol. The lowest BCUT2D eigenvalue weighted by molar-refractivity contribution is -0.118. The first-order valence-corrected chi connectivity index (χ1v) is 13.4. The van der Waals surface area contributed by atoms with E-state index in [1.807, 2.05) is 41.1 Å². The molecule has 3 aromatic carbocycles. The number of hydrogen-bond donors (Lipinski definition) is 2. The number of carboxylic acids is 1. The van der Waals surface area contributed by atoms with Gasteiger partial charge in [0.05, 0.1) is 24.7 Å². The van der Waals surface area contributed by atoms with Crippen molar-refractivity contribution in [3.63, 3.8) is 0 Å². The van der Waals surface area contributed by atoms with E-state index in [1.165, 1.54) is 12.8 Å². The summed E-state index contributed by atoms with van der Waals surface area (Å²) < 4.78 is 13.2. The summed E-state index contributed by atoms with van der Waals surface area (Å²) in [5.74, 6) is -0.349. The second kappa shape index (κ2) is 11.8. The highest BCUT2D eigenvalue weighted by Gasteiger charge is 2.22. The molecule has 1 atom stereocenters. The maximum absolute atomic E-state index is 11.6. The number of methoxy groups -OCH3 is 1. The summed E-state index contributed by atoms with van der Waals surface area (Å²) in [6.07, 6.45) is 5.34. The van der Waals surface area contributed by atoms with E-state index in [4.69, 9.17) is 20.3 Å². The van der Waals surface area contributed by atoms with Crippen molar-refractivity contribution in [2.75, 3.05) is 33.4 Å². The maximum atomic E-state index is 11.6. The fourth-order valence-electron chi connectivity index (χ4n) is 5.28. The molecular formula is C30H34N4O5. The van der Waals surface area contributed by atoms with Gasteiger partial charge in [-0.2, -0.15) is 5.10 Å². The quantitative estimate of drug-likeness (QED) is 0.366. The van der Waals surface area contributed by atoms with E-state index in [0.29, 0.717) is 13.2 Å². The Labute approximate surface area is 227 Å². The van der Waals surface area contributed by atoms with Crippen LogP contribution in [0.1, 0.15) is 48.7 Å². The normalized spacial score (nSPS) is 17.6. The van der Waals surface area contributed by atoms with E-state index >= 15 is 0 Å². The molecule has 6 rings (SSSR count). The van der Waals surface area contributed by atoms with Crippen molar-refractivity contribution in [3.8, 4) is 17.0 Å². The van der Waals surface area contributed by atoms with Gasteiger partial charge in [0.1, 0.15) is 11.4 Å². The molecule has 4 aromatic rings. The Bertz CT molecular complexity index is 1490. The van der Waals surface area contributed by atoms with Gasteiger partial charge in [-0.25, -0.2) is 9.48 Å². The number of benzene rings is 3. The number of amides is 1. The van der Waals surface area contributed by atoms with Crippen molar-refractivity contribution in [2.45, 2.75) is 38.3 Å². The molecule has 39 heavy (non-hydrogen) atoms. The molecule has 2 saturated heterocycles. The number of aromatic carboxylic acids is 1. The zero-order valence-electron chi connectivity index (χ0n) is 22.1. The third kappa shape index (κ3) is 6.05. The Kier molecular flexibility index (Phi) is 8.09. The minimum absolute atomic E-state index is 0.129. The molecule has 2 aliphatic rings. The Hall–Kier alpha value is -3.95. The first-order valence-electron chi connectivity index (χ1n) is 13.4.